The lowest BCUT2D eigenvalue weighted by atomic mass is 10.0. The van der Waals surface area contributed by atoms with Crippen molar-refractivity contribution in [1.29, 1.82) is 0 Å². The van der Waals surface area contributed by atoms with Crippen LogP contribution < -0.4 is 0 Å². The number of nitrogens with zero attached hydrogens (tertiary/aromatic N) is 1. The quantitative estimate of drug-likeness (QED) is 0.507. The second-order valence-electron chi connectivity index (χ2n) is 6.07. The number of aryl methyl sites for hydroxylation is 2. The van der Waals surface area contributed by atoms with Gasteiger partial charge >= 0.3 is 5.97 Å². The lowest BCUT2D eigenvalue weighted by Gasteiger charge is -2.10. The summed E-state index contributed by atoms with van der Waals surface area (Å²) in [6, 6.07) is 5.88. The molecule has 0 aliphatic heterocycles. The van der Waals surface area contributed by atoms with E-state index >= 15 is 0 Å². The van der Waals surface area contributed by atoms with Crippen molar-refractivity contribution in [3.05, 3.63) is 75.3 Å². The van der Waals surface area contributed by atoms with Gasteiger partial charge in [-0.3, -0.25) is 10.1 Å². The van der Waals surface area contributed by atoms with Crippen LogP contribution in [0.3, 0.4) is 0 Å². The van der Waals surface area contributed by atoms with Gasteiger partial charge in [-0.2, -0.15) is 0 Å². The van der Waals surface area contributed by atoms with Crippen molar-refractivity contribution >= 4 is 5.97 Å². The van der Waals surface area contributed by atoms with Crippen molar-refractivity contribution in [2.45, 2.75) is 26.3 Å². The molecule has 1 heterocycles. The monoisotopic (exact) mass is 355 g/mol. The predicted molar refractivity (Wildman–Crippen MR) is 93.3 cm³/mol. The summed E-state index contributed by atoms with van der Waals surface area (Å²) in [5.41, 5.74) is 2.15. The van der Waals surface area contributed by atoms with Crippen molar-refractivity contribution in [3.63, 3.8) is 0 Å². The number of phenolic OH excluding ortho intramolecular Hbond substituents is 1. The van der Waals surface area contributed by atoms with Gasteiger partial charge in [-0.15, -0.1) is 0 Å². The van der Waals surface area contributed by atoms with Crippen LogP contribution in [0.5, 0.6) is 5.75 Å². The largest absolute Gasteiger partial charge is 0.507 e. The number of benzene rings is 1. The number of nitro groups is 1. The number of phenols is 1. The first-order valence-electron chi connectivity index (χ1n) is 7.99. The van der Waals surface area contributed by atoms with Gasteiger partial charge in [-0.1, -0.05) is 0 Å². The molecule has 1 aromatic heterocycles. The highest BCUT2D eigenvalue weighted by Crippen LogP contribution is 2.30. The molecule has 1 aliphatic carbocycles. The Morgan fingerprint density at radius 3 is 2.58 bits per heavy atom. The van der Waals surface area contributed by atoms with Gasteiger partial charge < -0.3 is 14.3 Å². The average molecular weight is 355 g/mol. The smallest absolute Gasteiger partial charge is 0.379 e. The van der Waals surface area contributed by atoms with Gasteiger partial charge in [0.05, 0.1) is 0 Å². The van der Waals surface area contributed by atoms with Gasteiger partial charge in [0.1, 0.15) is 17.3 Å². The Labute approximate surface area is 149 Å². The molecule has 7 nitrogen and oxygen atoms in total. The Bertz CT molecular complexity index is 914. The number of hydrogen-bond acceptors (Lipinski definition) is 6. The third-order valence-electron chi connectivity index (χ3n) is 4.11. The highest BCUT2D eigenvalue weighted by Gasteiger charge is 2.21. The summed E-state index contributed by atoms with van der Waals surface area (Å²) >= 11 is 0. The van der Waals surface area contributed by atoms with Crippen LogP contribution in [0.2, 0.25) is 0 Å². The number of allylic oxidation sites excluding steroid dienone is 1. The molecule has 1 aromatic carbocycles. The first-order chi connectivity index (χ1) is 12.3. The molecule has 0 fully saturated rings. The summed E-state index contributed by atoms with van der Waals surface area (Å²) in [6.07, 6.45) is 4.47. The van der Waals surface area contributed by atoms with Crippen LogP contribution in [-0.4, -0.2) is 22.0 Å². The van der Waals surface area contributed by atoms with E-state index in [1.165, 1.54) is 24.3 Å². The van der Waals surface area contributed by atoms with E-state index in [2.05, 4.69) is 0 Å². The van der Waals surface area contributed by atoms with Crippen LogP contribution in [0, 0.1) is 24.0 Å². The first kappa shape index (κ1) is 17.5. The maximum atomic E-state index is 12.2. The lowest BCUT2D eigenvalue weighted by Crippen LogP contribution is -2.18. The Morgan fingerprint density at radius 2 is 2.00 bits per heavy atom. The minimum absolute atomic E-state index is 0.0223. The van der Waals surface area contributed by atoms with Gasteiger partial charge in [-0.05, 0) is 67.5 Å². The second kappa shape index (κ2) is 6.87. The Kier molecular flexibility index (Phi) is 4.62. The normalized spacial score (nSPS) is 16.2. The van der Waals surface area contributed by atoms with E-state index in [1.54, 1.807) is 32.0 Å². The molecule has 0 amide bonds. The number of esters is 1. The zero-order valence-corrected chi connectivity index (χ0v) is 14.3. The molecule has 0 bridgehead atoms. The molecule has 134 valence electrons. The van der Waals surface area contributed by atoms with E-state index < -0.39 is 16.9 Å². The Hall–Kier alpha value is -3.35. The molecule has 1 aliphatic rings. The summed E-state index contributed by atoms with van der Waals surface area (Å²) in [6.45, 7) is 3.56. The van der Waals surface area contributed by atoms with Crippen molar-refractivity contribution < 1.29 is 24.0 Å². The van der Waals surface area contributed by atoms with Crippen LogP contribution in [0.25, 0.3) is 11.3 Å². The topological polar surface area (TPSA) is 103 Å². The summed E-state index contributed by atoms with van der Waals surface area (Å²) in [5, 5.41) is 20.5. The maximum Gasteiger partial charge on any atom is 0.379 e. The molecular formula is C19H17NO6. The van der Waals surface area contributed by atoms with Crippen LogP contribution in [0.4, 0.5) is 0 Å². The van der Waals surface area contributed by atoms with Crippen LogP contribution in [-0.2, 0) is 4.74 Å². The highest BCUT2D eigenvalue weighted by atomic mass is 16.6. The first-order valence-corrected chi connectivity index (χ1v) is 7.99. The van der Waals surface area contributed by atoms with Crippen molar-refractivity contribution in [2.24, 2.45) is 0 Å². The summed E-state index contributed by atoms with van der Waals surface area (Å²) in [7, 11) is 0. The second-order valence-corrected chi connectivity index (χ2v) is 6.07. The summed E-state index contributed by atoms with van der Waals surface area (Å²) < 4.78 is 10.8. The molecule has 0 spiro atoms. The summed E-state index contributed by atoms with van der Waals surface area (Å²) in [4.78, 5) is 22.5. The maximum absolute atomic E-state index is 12.2. The molecule has 1 atom stereocenters. The molecule has 1 N–H and O–H groups in total. The van der Waals surface area contributed by atoms with E-state index in [0.29, 0.717) is 16.9 Å². The SMILES string of the molecule is Cc1cc(-c2ccc(C(=O)OC3=CCC([N+](=O)[O-])C=C3)o2)cc(C)c1O. The van der Waals surface area contributed by atoms with E-state index in [9.17, 15) is 20.0 Å². The van der Waals surface area contributed by atoms with Gasteiger partial charge in [0.25, 0.3) is 0 Å². The highest BCUT2D eigenvalue weighted by molar-refractivity contribution is 5.88. The number of aromatic hydroxyl groups is 1. The molecule has 1 unspecified atom stereocenters. The molecule has 7 heteroatoms. The Morgan fingerprint density at radius 1 is 1.31 bits per heavy atom. The third kappa shape index (κ3) is 3.51. The molecule has 0 radical (unpaired) electrons. The summed E-state index contributed by atoms with van der Waals surface area (Å²) in [5.74, 6) is 0.295. The van der Waals surface area contributed by atoms with Crippen LogP contribution in [0.15, 0.2) is 52.7 Å². The number of rotatable bonds is 4. The molecular weight excluding hydrogens is 338 g/mol. The molecule has 2 aromatic rings. The van der Waals surface area contributed by atoms with E-state index in [1.807, 2.05) is 0 Å². The average Bonchev–Trinajstić information content (AvgIpc) is 3.10. The van der Waals surface area contributed by atoms with Crippen molar-refractivity contribution in [2.75, 3.05) is 0 Å². The fraction of sp³-hybridized carbons (Fsp3) is 0.211. The van der Waals surface area contributed by atoms with E-state index in [0.717, 1.165) is 5.56 Å². The van der Waals surface area contributed by atoms with E-state index in [-0.39, 0.29) is 23.7 Å². The number of ether oxygens (including phenoxy) is 1. The zero-order valence-electron chi connectivity index (χ0n) is 14.3. The molecule has 3 rings (SSSR count). The predicted octanol–water partition coefficient (Wildman–Crippen LogP) is 3.91. The molecule has 0 saturated carbocycles. The minimum atomic E-state index is -0.798. The van der Waals surface area contributed by atoms with Crippen LogP contribution >= 0.6 is 0 Å². The zero-order chi connectivity index (χ0) is 18.8. The van der Waals surface area contributed by atoms with Gasteiger partial charge in [-0.25, -0.2) is 4.79 Å². The fourth-order valence-corrected chi connectivity index (χ4v) is 2.68. The number of carbonyl (C=O) groups excluding carboxylic acids is 1. The third-order valence-corrected chi connectivity index (χ3v) is 4.11. The number of hydrogen-bond donors (Lipinski definition) is 1. The number of furan rings is 1. The Balaban J connectivity index is 1.73. The molecule has 0 saturated heterocycles. The van der Waals surface area contributed by atoms with Crippen LogP contribution in [0.1, 0.15) is 28.1 Å². The molecule has 26 heavy (non-hydrogen) atoms. The lowest BCUT2D eigenvalue weighted by molar-refractivity contribution is -0.508. The number of carbonyl (C=O) groups is 1. The van der Waals surface area contributed by atoms with Gasteiger partial charge in [0.2, 0.25) is 11.8 Å². The van der Waals surface area contributed by atoms with Crippen molar-refractivity contribution in [1.82, 2.24) is 0 Å². The minimum Gasteiger partial charge on any atom is -0.507 e. The fourth-order valence-electron chi connectivity index (χ4n) is 2.68. The van der Waals surface area contributed by atoms with E-state index in [4.69, 9.17) is 9.15 Å². The standard InChI is InChI=1S/C19H17NO6/c1-11-9-13(10-12(2)18(11)21)16-7-8-17(26-16)19(22)25-15-5-3-14(4-6-15)20(23)24/h3,5-10,14,21H,4H2,1-2H3. The van der Waals surface area contributed by atoms with Gasteiger partial charge in [0.15, 0.2) is 0 Å². The van der Waals surface area contributed by atoms with Gasteiger partial charge in [0, 0.05) is 16.9 Å². The van der Waals surface area contributed by atoms with Crippen molar-refractivity contribution in [3.8, 4) is 17.1 Å².